The Labute approximate surface area is 205 Å². The molecule has 0 atom stereocenters. The van der Waals surface area contributed by atoms with Crippen LogP contribution in [0.4, 0.5) is 11.5 Å². The number of rotatable bonds is 10. The van der Waals surface area contributed by atoms with Gasteiger partial charge in [-0.3, -0.25) is 14.3 Å². The van der Waals surface area contributed by atoms with Crippen LogP contribution in [0.15, 0.2) is 68.7 Å². The Morgan fingerprint density at radius 1 is 1.14 bits per heavy atom. The predicted octanol–water partition coefficient (Wildman–Crippen LogP) is 2.91. The van der Waals surface area contributed by atoms with Crippen molar-refractivity contribution in [3.8, 4) is 11.4 Å². The molecule has 4 rings (SSSR count). The van der Waals surface area contributed by atoms with E-state index in [0.717, 1.165) is 11.1 Å². The van der Waals surface area contributed by atoms with E-state index in [2.05, 4.69) is 15.1 Å². The van der Waals surface area contributed by atoms with Gasteiger partial charge in [-0.15, -0.1) is 0 Å². The summed E-state index contributed by atoms with van der Waals surface area (Å²) in [7, 11) is 1.60. The molecule has 182 valence electrons. The van der Waals surface area contributed by atoms with Crippen LogP contribution >= 0.6 is 11.6 Å². The first-order chi connectivity index (χ1) is 17.0. The number of anilines is 2. The molecule has 0 amide bonds. The molecule has 0 spiro atoms. The quantitative estimate of drug-likeness (QED) is 0.320. The van der Waals surface area contributed by atoms with Crippen molar-refractivity contribution >= 4 is 23.1 Å². The lowest BCUT2D eigenvalue weighted by Crippen LogP contribution is -2.39. The number of hydrogen-bond acceptors (Lipinski definition) is 8. The summed E-state index contributed by atoms with van der Waals surface area (Å²) in [4.78, 5) is 34.0. The molecule has 2 heterocycles. The maximum Gasteiger partial charge on any atom is 0.330 e. The molecular formula is C24H25ClN6O4. The predicted molar refractivity (Wildman–Crippen MR) is 134 cm³/mol. The van der Waals surface area contributed by atoms with Gasteiger partial charge in [-0.05, 0) is 36.2 Å². The number of nitrogen functional groups attached to an aromatic ring is 1. The molecule has 0 aliphatic rings. The summed E-state index contributed by atoms with van der Waals surface area (Å²) in [6, 6.07) is 16.4. The molecule has 10 nitrogen and oxygen atoms in total. The Balaban J connectivity index is 1.67. The number of H-pyrrole nitrogens is 1. The molecule has 0 saturated heterocycles. The van der Waals surface area contributed by atoms with Gasteiger partial charge in [-0.2, -0.15) is 4.98 Å². The largest absolute Gasteiger partial charge is 0.385 e. The van der Waals surface area contributed by atoms with Gasteiger partial charge in [0.15, 0.2) is 0 Å². The molecular weight excluding hydrogens is 472 g/mol. The van der Waals surface area contributed by atoms with E-state index < -0.39 is 11.2 Å². The number of ether oxygens (including phenoxy) is 1. The summed E-state index contributed by atoms with van der Waals surface area (Å²) in [5.41, 5.74) is 6.98. The summed E-state index contributed by atoms with van der Waals surface area (Å²) < 4.78 is 12.0. The van der Waals surface area contributed by atoms with Gasteiger partial charge in [0.05, 0.1) is 13.1 Å². The van der Waals surface area contributed by atoms with Crippen LogP contribution in [-0.2, 0) is 17.8 Å². The van der Waals surface area contributed by atoms with Crippen molar-refractivity contribution in [1.29, 1.82) is 0 Å². The minimum absolute atomic E-state index is 0.0532. The third-order valence-corrected chi connectivity index (χ3v) is 5.64. The van der Waals surface area contributed by atoms with E-state index in [4.69, 9.17) is 26.6 Å². The van der Waals surface area contributed by atoms with Crippen molar-refractivity contribution in [3.05, 3.63) is 91.9 Å². The van der Waals surface area contributed by atoms with Crippen LogP contribution in [0.1, 0.15) is 17.9 Å². The molecule has 0 unspecified atom stereocenters. The van der Waals surface area contributed by atoms with E-state index in [9.17, 15) is 9.59 Å². The van der Waals surface area contributed by atoms with Gasteiger partial charge in [-0.1, -0.05) is 47.1 Å². The van der Waals surface area contributed by atoms with E-state index in [1.165, 1.54) is 4.57 Å². The van der Waals surface area contributed by atoms with E-state index in [0.29, 0.717) is 30.4 Å². The van der Waals surface area contributed by atoms with Crippen LogP contribution in [0.5, 0.6) is 0 Å². The molecule has 3 N–H and O–H groups in total. The number of benzene rings is 2. The molecule has 11 heteroatoms. The molecule has 35 heavy (non-hydrogen) atoms. The normalized spacial score (nSPS) is 11.0. The molecule has 2 aromatic carbocycles. The Kier molecular flexibility index (Phi) is 7.64. The van der Waals surface area contributed by atoms with E-state index in [1.54, 1.807) is 36.3 Å². The third kappa shape index (κ3) is 5.79. The van der Waals surface area contributed by atoms with Crippen molar-refractivity contribution in [2.24, 2.45) is 0 Å². The maximum atomic E-state index is 12.9. The summed E-state index contributed by atoms with van der Waals surface area (Å²) in [6.07, 6.45) is 0.603. The van der Waals surface area contributed by atoms with Gasteiger partial charge in [0.1, 0.15) is 11.5 Å². The highest BCUT2D eigenvalue weighted by molar-refractivity contribution is 6.30. The van der Waals surface area contributed by atoms with Crippen LogP contribution in [0.2, 0.25) is 5.02 Å². The summed E-state index contributed by atoms with van der Waals surface area (Å²) in [5, 5.41) is 4.64. The van der Waals surface area contributed by atoms with E-state index in [1.807, 2.05) is 30.3 Å². The van der Waals surface area contributed by atoms with Crippen LogP contribution in [-0.4, -0.2) is 40.0 Å². The molecule has 0 radical (unpaired) electrons. The van der Waals surface area contributed by atoms with Crippen molar-refractivity contribution < 1.29 is 9.26 Å². The van der Waals surface area contributed by atoms with Crippen LogP contribution < -0.4 is 21.9 Å². The maximum absolute atomic E-state index is 12.9. The number of nitrogens with two attached hydrogens (primary N) is 1. The molecule has 0 aliphatic carbocycles. The van der Waals surface area contributed by atoms with Gasteiger partial charge in [-0.25, -0.2) is 4.79 Å². The number of aromatic amines is 1. The van der Waals surface area contributed by atoms with Crippen molar-refractivity contribution in [2.45, 2.75) is 19.5 Å². The molecule has 0 bridgehead atoms. The number of aromatic nitrogens is 4. The highest BCUT2D eigenvalue weighted by Gasteiger charge is 2.22. The summed E-state index contributed by atoms with van der Waals surface area (Å²) >= 11 is 5.96. The van der Waals surface area contributed by atoms with Crippen LogP contribution in [0, 0.1) is 0 Å². The van der Waals surface area contributed by atoms with Gasteiger partial charge in [0.25, 0.3) is 5.56 Å². The Morgan fingerprint density at radius 2 is 1.89 bits per heavy atom. The number of methoxy groups -OCH3 is 1. The minimum Gasteiger partial charge on any atom is -0.385 e. The first kappa shape index (κ1) is 24.2. The average molecular weight is 497 g/mol. The second kappa shape index (κ2) is 11.0. The van der Waals surface area contributed by atoms with Gasteiger partial charge in [0, 0.05) is 30.8 Å². The zero-order valence-electron chi connectivity index (χ0n) is 19.1. The lowest BCUT2D eigenvalue weighted by Gasteiger charge is -2.24. The van der Waals surface area contributed by atoms with Gasteiger partial charge < -0.3 is 19.9 Å². The standard InChI is InChI=1S/C24H25ClN6O4/c1-34-13-5-12-30(15-19-27-22(29-35-19)17-8-10-18(25)11-9-17)20-21(26)31(24(33)28-23(20)32)14-16-6-3-2-4-7-16/h2-4,6-11H,5,12-15,26H2,1H3,(H,28,32,33). The fourth-order valence-electron chi connectivity index (χ4n) is 3.67. The number of halogens is 1. The van der Waals surface area contributed by atoms with Crippen molar-refractivity contribution in [3.63, 3.8) is 0 Å². The van der Waals surface area contributed by atoms with Crippen molar-refractivity contribution in [1.82, 2.24) is 19.7 Å². The molecule has 2 aromatic heterocycles. The number of nitrogens with zero attached hydrogens (tertiary/aromatic N) is 4. The topological polar surface area (TPSA) is 132 Å². The number of nitrogens with one attached hydrogen (secondary N) is 1. The molecule has 0 aliphatic heterocycles. The van der Waals surface area contributed by atoms with Crippen molar-refractivity contribution in [2.75, 3.05) is 30.9 Å². The monoisotopic (exact) mass is 496 g/mol. The first-order valence-electron chi connectivity index (χ1n) is 10.9. The lowest BCUT2D eigenvalue weighted by molar-refractivity contribution is 0.195. The van der Waals surface area contributed by atoms with Gasteiger partial charge >= 0.3 is 5.69 Å². The zero-order valence-corrected chi connectivity index (χ0v) is 19.9. The molecule has 4 aromatic rings. The Hall–Kier alpha value is -3.89. The van der Waals surface area contributed by atoms with E-state index in [-0.39, 0.29) is 30.5 Å². The van der Waals surface area contributed by atoms with Gasteiger partial charge in [0.2, 0.25) is 11.7 Å². The SMILES string of the molecule is COCCCN(Cc1nc(-c2ccc(Cl)cc2)no1)c1c(N)n(Cc2ccccc2)c(=O)[nH]c1=O. The highest BCUT2D eigenvalue weighted by Crippen LogP contribution is 2.22. The average Bonchev–Trinajstić information content (AvgIpc) is 3.31. The fraction of sp³-hybridized carbons (Fsp3) is 0.250. The first-order valence-corrected chi connectivity index (χ1v) is 11.3. The van der Waals surface area contributed by atoms with E-state index >= 15 is 0 Å². The second-order valence-corrected chi connectivity index (χ2v) is 8.29. The van der Waals surface area contributed by atoms with Crippen LogP contribution in [0.3, 0.4) is 0 Å². The Morgan fingerprint density at radius 3 is 2.60 bits per heavy atom. The highest BCUT2D eigenvalue weighted by atomic mass is 35.5. The molecule has 0 saturated carbocycles. The Bertz CT molecular complexity index is 1380. The summed E-state index contributed by atoms with van der Waals surface area (Å²) in [5.74, 6) is 0.730. The van der Waals surface area contributed by atoms with Crippen LogP contribution in [0.25, 0.3) is 11.4 Å². The molecule has 0 fully saturated rings. The summed E-state index contributed by atoms with van der Waals surface area (Å²) in [6.45, 7) is 1.20. The second-order valence-electron chi connectivity index (χ2n) is 7.85. The minimum atomic E-state index is -0.591. The number of hydrogen-bond donors (Lipinski definition) is 2. The smallest absolute Gasteiger partial charge is 0.330 e. The third-order valence-electron chi connectivity index (χ3n) is 5.39. The zero-order chi connectivity index (χ0) is 24.8. The fourth-order valence-corrected chi connectivity index (χ4v) is 3.80. The lowest BCUT2D eigenvalue weighted by atomic mass is 10.2.